The molecular formula is C20H28N6O3. The lowest BCUT2D eigenvalue weighted by atomic mass is 9.86. The number of imidazole rings is 1. The standard InChI is InChI=1S/C20H28N6O3/c1-7-24(6)23-13(2)12-25-14-10-8-9-11-15(14)26(19(25)29)18(28)22-16(17(21)27)20(3,4)5/h7-11,16H,1,12H2,2-6H3,(H2,21,27)(H,22,28)/b23-13+/t16-/m1/s1. The van der Waals surface area contributed by atoms with Gasteiger partial charge in [-0.1, -0.05) is 39.5 Å². The van der Waals surface area contributed by atoms with Crippen LogP contribution in [0.2, 0.25) is 0 Å². The summed E-state index contributed by atoms with van der Waals surface area (Å²) in [7, 11) is 1.73. The predicted octanol–water partition coefficient (Wildman–Crippen LogP) is 1.71. The number of aromatic nitrogens is 2. The summed E-state index contributed by atoms with van der Waals surface area (Å²) in [4.78, 5) is 37.9. The number of nitrogens with one attached hydrogen (secondary N) is 1. The Hall–Kier alpha value is -3.36. The van der Waals surface area contributed by atoms with E-state index >= 15 is 0 Å². The number of nitrogens with zero attached hydrogens (tertiary/aromatic N) is 4. The number of primary amides is 1. The third-order valence-electron chi connectivity index (χ3n) is 4.44. The Morgan fingerprint density at radius 2 is 1.90 bits per heavy atom. The molecule has 1 aromatic carbocycles. The van der Waals surface area contributed by atoms with Crippen LogP contribution in [0, 0.1) is 5.41 Å². The monoisotopic (exact) mass is 400 g/mol. The van der Waals surface area contributed by atoms with Crippen LogP contribution in [-0.4, -0.2) is 44.9 Å². The van der Waals surface area contributed by atoms with E-state index in [1.807, 2.05) is 0 Å². The van der Waals surface area contributed by atoms with E-state index in [4.69, 9.17) is 5.73 Å². The average Bonchev–Trinajstić information content (AvgIpc) is 2.90. The van der Waals surface area contributed by atoms with Crippen molar-refractivity contribution in [3.63, 3.8) is 0 Å². The van der Waals surface area contributed by atoms with Gasteiger partial charge < -0.3 is 11.1 Å². The molecule has 0 aliphatic rings. The number of carbonyl (C=O) groups is 2. The predicted molar refractivity (Wildman–Crippen MR) is 114 cm³/mol. The molecule has 0 aliphatic carbocycles. The van der Waals surface area contributed by atoms with Gasteiger partial charge in [-0.15, -0.1) is 0 Å². The third kappa shape index (κ3) is 4.74. The zero-order valence-electron chi connectivity index (χ0n) is 17.5. The first-order chi connectivity index (χ1) is 13.5. The Bertz CT molecular complexity index is 1020. The number of rotatable bonds is 6. The Morgan fingerprint density at radius 1 is 1.31 bits per heavy atom. The fourth-order valence-electron chi connectivity index (χ4n) is 3.03. The van der Waals surface area contributed by atoms with Gasteiger partial charge in [0.2, 0.25) is 5.91 Å². The van der Waals surface area contributed by atoms with E-state index in [2.05, 4.69) is 17.0 Å². The summed E-state index contributed by atoms with van der Waals surface area (Å²) in [5.41, 5.74) is 5.98. The fraction of sp³-hybridized carbons (Fsp3) is 0.400. The molecule has 156 valence electrons. The van der Waals surface area contributed by atoms with E-state index in [0.29, 0.717) is 16.7 Å². The SMILES string of the molecule is C=CN(C)/N=C(\C)Cn1c(=O)n(C(=O)N[C@H](C(N)=O)C(C)(C)C)c2ccccc21. The normalized spacial score (nSPS) is 13.2. The van der Waals surface area contributed by atoms with Gasteiger partial charge in [0.25, 0.3) is 0 Å². The van der Waals surface area contributed by atoms with E-state index in [9.17, 15) is 14.4 Å². The maximum absolute atomic E-state index is 13.1. The molecule has 1 aromatic heterocycles. The topological polar surface area (TPSA) is 115 Å². The highest BCUT2D eigenvalue weighted by atomic mass is 16.2. The highest BCUT2D eigenvalue weighted by Gasteiger charge is 2.32. The van der Waals surface area contributed by atoms with Crippen molar-refractivity contribution in [3.05, 3.63) is 47.5 Å². The number of nitrogens with two attached hydrogens (primary N) is 1. The quantitative estimate of drug-likeness (QED) is 0.567. The van der Waals surface area contributed by atoms with E-state index in [1.54, 1.807) is 65.2 Å². The molecule has 2 amide bonds. The molecule has 9 heteroatoms. The van der Waals surface area contributed by atoms with Crippen LogP contribution >= 0.6 is 0 Å². The molecule has 1 atom stereocenters. The van der Waals surface area contributed by atoms with Crippen molar-refractivity contribution in [2.45, 2.75) is 40.3 Å². The minimum Gasteiger partial charge on any atom is -0.368 e. The van der Waals surface area contributed by atoms with Gasteiger partial charge in [-0.05, 0) is 24.5 Å². The van der Waals surface area contributed by atoms with E-state index in [-0.39, 0.29) is 6.54 Å². The maximum Gasteiger partial charge on any atom is 0.337 e. The highest BCUT2D eigenvalue weighted by Crippen LogP contribution is 2.20. The van der Waals surface area contributed by atoms with Gasteiger partial charge in [0, 0.05) is 13.2 Å². The summed E-state index contributed by atoms with van der Waals surface area (Å²) in [6.07, 6.45) is 1.54. The average molecular weight is 400 g/mol. The first-order valence-corrected chi connectivity index (χ1v) is 9.17. The summed E-state index contributed by atoms with van der Waals surface area (Å²) in [6, 6.07) is 5.29. The first-order valence-electron chi connectivity index (χ1n) is 9.17. The highest BCUT2D eigenvalue weighted by molar-refractivity contribution is 5.93. The van der Waals surface area contributed by atoms with Crippen LogP contribution in [0.5, 0.6) is 0 Å². The molecule has 2 aromatic rings. The summed E-state index contributed by atoms with van der Waals surface area (Å²) in [5.74, 6) is -0.668. The molecule has 0 spiro atoms. The van der Waals surface area contributed by atoms with Crippen LogP contribution in [-0.2, 0) is 11.3 Å². The van der Waals surface area contributed by atoms with E-state index in [1.165, 1.54) is 9.58 Å². The van der Waals surface area contributed by atoms with Crippen molar-refractivity contribution in [2.75, 3.05) is 7.05 Å². The number of hydrogen-bond acceptors (Lipinski definition) is 5. The van der Waals surface area contributed by atoms with Crippen LogP contribution in [0.4, 0.5) is 4.79 Å². The Kier molecular flexibility index (Phi) is 6.31. The van der Waals surface area contributed by atoms with Gasteiger partial charge in [-0.2, -0.15) is 5.10 Å². The molecule has 0 saturated heterocycles. The van der Waals surface area contributed by atoms with Crippen molar-refractivity contribution in [2.24, 2.45) is 16.3 Å². The number of benzene rings is 1. The summed E-state index contributed by atoms with van der Waals surface area (Å²) >= 11 is 0. The lowest BCUT2D eigenvalue weighted by molar-refractivity contribution is -0.122. The largest absolute Gasteiger partial charge is 0.368 e. The molecule has 0 saturated carbocycles. The maximum atomic E-state index is 13.1. The zero-order chi connectivity index (χ0) is 21.9. The molecule has 0 fully saturated rings. The molecule has 9 nitrogen and oxygen atoms in total. The Balaban J connectivity index is 2.53. The van der Waals surface area contributed by atoms with E-state index < -0.39 is 29.1 Å². The van der Waals surface area contributed by atoms with Gasteiger partial charge in [0.05, 0.1) is 23.3 Å². The van der Waals surface area contributed by atoms with Gasteiger partial charge >= 0.3 is 11.7 Å². The Labute approximate surface area is 169 Å². The number of fused-ring (bicyclic) bond motifs is 1. The van der Waals surface area contributed by atoms with E-state index in [0.717, 1.165) is 4.57 Å². The van der Waals surface area contributed by atoms with Crippen molar-refractivity contribution in [1.82, 2.24) is 19.5 Å². The number of amides is 2. The molecule has 0 bridgehead atoms. The molecule has 3 N–H and O–H groups in total. The smallest absolute Gasteiger partial charge is 0.337 e. The minimum absolute atomic E-state index is 0.191. The number of hydrogen-bond donors (Lipinski definition) is 2. The fourth-order valence-corrected chi connectivity index (χ4v) is 3.03. The van der Waals surface area contributed by atoms with Gasteiger partial charge in [0.15, 0.2) is 0 Å². The lowest BCUT2D eigenvalue weighted by Crippen LogP contribution is -2.54. The summed E-state index contributed by atoms with van der Waals surface area (Å²) in [5, 5.41) is 8.43. The molecule has 0 aliphatic heterocycles. The van der Waals surface area contributed by atoms with Crippen LogP contribution < -0.4 is 16.7 Å². The third-order valence-corrected chi connectivity index (χ3v) is 4.44. The molecule has 0 unspecified atom stereocenters. The second-order valence-electron chi connectivity index (χ2n) is 7.94. The summed E-state index contributed by atoms with van der Waals surface area (Å²) in [6.45, 7) is 10.9. The number of carbonyl (C=O) groups excluding carboxylic acids is 2. The molecule has 2 rings (SSSR count). The van der Waals surface area contributed by atoms with Gasteiger partial charge in [-0.3, -0.25) is 14.4 Å². The van der Waals surface area contributed by atoms with Crippen LogP contribution in [0.15, 0.2) is 46.9 Å². The molecule has 29 heavy (non-hydrogen) atoms. The van der Waals surface area contributed by atoms with Crippen molar-refractivity contribution in [3.8, 4) is 0 Å². The van der Waals surface area contributed by atoms with Crippen LogP contribution in [0.3, 0.4) is 0 Å². The molecule has 0 radical (unpaired) electrons. The zero-order valence-corrected chi connectivity index (χ0v) is 17.5. The Morgan fingerprint density at radius 3 is 2.41 bits per heavy atom. The number of hydrazone groups is 1. The van der Waals surface area contributed by atoms with Crippen molar-refractivity contribution < 1.29 is 9.59 Å². The van der Waals surface area contributed by atoms with Crippen molar-refractivity contribution in [1.29, 1.82) is 0 Å². The lowest BCUT2D eigenvalue weighted by Gasteiger charge is -2.28. The van der Waals surface area contributed by atoms with Crippen LogP contribution in [0.1, 0.15) is 27.7 Å². The molecule has 1 heterocycles. The second kappa shape index (κ2) is 8.34. The minimum atomic E-state index is -0.937. The van der Waals surface area contributed by atoms with Gasteiger partial charge in [0.1, 0.15) is 6.04 Å². The van der Waals surface area contributed by atoms with Crippen molar-refractivity contribution >= 4 is 28.7 Å². The molecular weight excluding hydrogens is 372 g/mol. The number of para-hydroxylation sites is 2. The first kappa shape index (κ1) is 21.9. The summed E-state index contributed by atoms with van der Waals surface area (Å²) < 4.78 is 2.47. The van der Waals surface area contributed by atoms with Gasteiger partial charge in [-0.25, -0.2) is 14.2 Å². The second-order valence-corrected chi connectivity index (χ2v) is 7.94. The van der Waals surface area contributed by atoms with Crippen LogP contribution in [0.25, 0.3) is 11.0 Å².